The molecule has 1 fully saturated rings. The first-order valence-electron chi connectivity index (χ1n) is 7.92. The van der Waals surface area contributed by atoms with Gasteiger partial charge in [-0.2, -0.15) is 0 Å². The van der Waals surface area contributed by atoms with Crippen LogP contribution in [0.1, 0.15) is 27.6 Å². The second kappa shape index (κ2) is 7.91. The number of nitrogens with zero attached hydrogens (tertiary/aromatic N) is 1. The van der Waals surface area contributed by atoms with E-state index in [1.165, 1.54) is 25.3 Å². The number of rotatable bonds is 5. The maximum absolute atomic E-state index is 14.4. The van der Waals surface area contributed by atoms with Gasteiger partial charge in [0.1, 0.15) is 11.0 Å². The molecule has 2 aromatic rings. The molecule has 0 spiro atoms. The van der Waals surface area contributed by atoms with E-state index in [9.17, 15) is 9.18 Å². The zero-order chi connectivity index (χ0) is 17.8. The molecule has 1 aromatic heterocycles. The molecule has 0 aliphatic carbocycles. The number of pyridine rings is 1. The molecule has 2 heterocycles. The first kappa shape index (κ1) is 17.8. The number of hydrogen-bond donors (Lipinski definition) is 1. The summed E-state index contributed by atoms with van der Waals surface area (Å²) < 4.78 is 25.0. The summed E-state index contributed by atoms with van der Waals surface area (Å²) in [5.41, 5.74) is 1.42. The minimum absolute atomic E-state index is 0.0701. The lowest BCUT2D eigenvalue weighted by Crippen LogP contribution is -2.33. The summed E-state index contributed by atoms with van der Waals surface area (Å²) in [6, 6.07) is 7.78. The molecule has 1 aliphatic rings. The molecule has 0 amide bonds. The number of nitrogens with one attached hydrogen (secondary N) is 1. The third-order valence-corrected chi connectivity index (χ3v) is 4.22. The van der Waals surface area contributed by atoms with Crippen LogP contribution in [0.2, 0.25) is 5.15 Å². The van der Waals surface area contributed by atoms with Crippen molar-refractivity contribution in [3.8, 4) is 5.88 Å². The zero-order valence-corrected chi connectivity index (χ0v) is 14.5. The van der Waals surface area contributed by atoms with Gasteiger partial charge in [0.15, 0.2) is 5.78 Å². The Morgan fingerprint density at radius 2 is 2.28 bits per heavy atom. The number of aromatic nitrogens is 1. The Kier molecular flexibility index (Phi) is 5.63. The van der Waals surface area contributed by atoms with Crippen LogP contribution < -0.4 is 10.1 Å². The van der Waals surface area contributed by atoms with E-state index in [4.69, 9.17) is 21.1 Å². The van der Waals surface area contributed by atoms with Crippen molar-refractivity contribution in [3.63, 3.8) is 0 Å². The van der Waals surface area contributed by atoms with E-state index in [0.717, 1.165) is 12.1 Å². The van der Waals surface area contributed by atoms with Crippen LogP contribution in [0.3, 0.4) is 0 Å². The van der Waals surface area contributed by atoms with Crippen LogP contribution in [-0.4, -0.2) is 37.6 Å². The number of ketones is 1. The van der Waals surface area contributed by atoms with Crippen LogP contribution in [0.25, 0.3) is 0 Å². The number of carbonyl (C=O) groups is 1. The highest BCUT2D eigenvalue weighted by atomic mass is 35.5. The molecule has 1 aromatic carbocycles. The van der Waals surface area contributed by atoms with Crippen LogP contribution in [0.5, 0.6) is 5.88 Å². The predicted molar refractivity (Wildman–Crippen MR) is 91.8 cm³/mol. The highest BCUT2D eigenvalue weighted by Gasteiger charge is 2.18. The summed E-state index contributed by atoms with van der Waals surface area (Å²) >= 11 is 5.88. The monoisotopic (exact) mass is 364 g/mol. The number of methoxy groups -OCH3 is 1. The number of morpholine rings is 1. The van der Waals surface area contributed by atoms with Crippen molar-refractivity contribution in [3.05, 3.63) is 58.0 Å². The van der Waals surface area contributed by atoms with Gasteiger partial charge in [-0.25, -0.2) is 9.37 Å². The van der Waals surface area contributed by atoms with Gasteiger partial charge in [-0.05, 0) is 23.3 Å². The minimum atomic E-state index is -0.424. The lowest BCUT2D eigenvalue weighted by molar-refractivity contribution is 0.0275. The minimum Gasteiger partial charge on any atom is -0.481 e. The molecule has 0 saturated carbocycles. The average molecular weight is 365 g/mol. The van der Waals surface area contributed by atoms with Gasteiger partial charge in [0.25, 0.3) is 0 Å². The Morgan fingerprint density at radius 1 is 1.44 bits per heavy atom. The SMILES string of the molecule is COc1cc(C(=O)Cc2ccc([C@H]3CNCCO3)cc2F)cc(Cl)n1. The molecule has 1 saturated heterocycles. The van der Waals surface area contributed by atoms with Crippen LogP contribution in [0.15, 0.2) is 30.3 Å². The highest BCUT2D eigenvalue weighted by molar-refractivity contribution is 6.29. The molecule has 132 valence electrons. The molecule has 1 N–H and O–H groups in total. The topological polar surface area (TPSA) is 60.5 Å². The Labute approximate surface area is 150 Å². The number of halogens is 2. The predicted octanol–water partition coefficient (Wildman–Crippen LogP) is 2.97. The number of carbonyl (C=O) groups excluding carboxylic acids is 1. The normalized spacial score (nSPS) is 17.3. The van der Waals surface area contributed by atoms with Gasteiger partial charge in [-0.1, -0.05) is 23.7 Å². The van der Waals surface area contributed by atoms with E-state index >= 15 is 0 Å². The van der Waals surface area contributed by atoms with Crippen molar-refractivity contribution in [1.29, 1.82) is 0 Å². The van der Waals surface area contributed by atoms with Gasteiger partial charge in [-0.3, -0.25) is 4.79 Å². The van der Waals surface area contributed by atoms with Crippen molar-refractivity contribution in [1.82, 2.24) is 10.3 Å². The molecule has 0 radical (unpaired) electrons. The molecule has 3 rings (SSSR count). The quantitative estimate of drug-likeness (QED) is 0.653. The van der Waals surface area contributed by atoms with Gasteiger partial charge < -0.3 is 14.8 Å². The fraction of sp³-hybridized carbons (Fsp3) is 0.333. The second-order valence-corrected chi connectivity index (χ2v) is 6.12. The van der Waals surface area contributed by atoms with Crippen LogP contribution >= 0.6 is 11.6 Å². The summed E-state index contributed by atoms with van der Waals surface area (Å²) in [4.78, 5) is 16.3. The molecule has 1 atom stereocenters. The summed E-state index contributed by atoms with van der Waals surface area (Å²) in [5, 5.41) is 3.36. The van der Waals surface area contributed by atoms with Crippen molar-refractivity contribution in [2.24, 2.45) is 0 Å². The van der Waals surface area contributed by atoms with Gasteiger partial charge >= 0.3 is 0 Å². The third kappa shape index (κ3) is 4.34. The maximum Gasteiger partial charge on any atom is 0.215 e. The van der Waals surface area contributed by atoms with Gasteiger partial charge in [0.2, 0.25) is 5.88 Å². The molecule has 7 heteroatoms. The Hall–Kier alpha value is -2.02. The van der Waals surface area contributed by atoms with Crippen LogP contribution in [0, 0.1) is 5.82 Å². The molecule has 0 bridgehead atoms. The Balaban J connectivity index is 1.76. The van der Waals surface area contributed by atoms with Crippen molar-refractivity contribution >= 4 is 17.4 Å². The zero-order valence-electron chi connectivity index (χ0n) is 13.7. The largest absolute Gasteiger partial charge is 0.481 e. The third-order valence-electron chi connectivity index (χ3n) is 4.03. The van der Waals surface area contributed by atoms with Crippen molar-refractivity contribution < 1.29 is 18.7 Å². The summed E-state index contributed by atoms with van der Waals surface area (Å²) in [7, 11) is 1.44. The van der Waals surface area contributed by atoms with Crippen molar-refractivity contribution in [2.75, 3.05) is 26.8 Å². The summed E-state index contributed by atoms with van der Waals surface area (Å²) in [6.45, 7) is 2.04. The number of hydrogen-bond acceptors (Lipinski definition) is 5. The molecular formula is C18H18ClFN2O3. The molecule has 25 heavy (non-hydrogen) atoms. The summed E-state index contributed by atoms with van der Waals surface area (Å²) in [5.74, 6) is -0.439. The smallest absolute Gasteiger partial charge is 0.215 e. The van der Waals surface area contributed by atoms with Crippen LogP contribution in [0.4, 0.5) is 4.39 Å². The number of benzene rings is 1. The maximum atomic E-state index is 14.4. The fourth-order valence-corrected chi connectivity index (χ4v) is 2.90. The fourth-order valence-electron chi connectivity index (χ4n) is 2.70. The van der Waals surface area contributed by atoms with Crippen molar-refractivity contribution in [2.45, 2.75) is 12.5 Å². The first-order chi connectivity index (χ1) is 12.1. The molecular weight excluding hydrogens is 347 g/mol. The Morgan fingerprint density at radius 3 is 2.96 bits per heavy atom. The second-order valence-electron chi connectivity index (χ2n) is 5.74. The molecule has 5 nitrogen and oxygen atoms in total. The van der Waals surface area contributed by atoms with E-state index in [-0.39, 0.29) is 29.3 Å². The first-order valence-corrected chi connectivity index (χ1v) is 8.30. The summed E-state index contributed by atoms with van der Waals surface area (Å²) in [6.07, 6.45) is -0.240. The van der Waals surface area contributed by atoms with Gasteiger partial charge in [0.05, 0.1) is 19.8 Å². The lowest BCUT2D eigenvalue weighted by Gasteiger charge is -2.24. The standard InChI is InChI=1S/C18H18ClFN2O3/c1-24-18-9-13(8-17(19)22-18)15(23)7-11-2-3-12(6-14(11)20)16-10-21-4-5-25-16/h2-3,6,8-9,16,21H,4-5,7,10H2,1H3/t16-/m1/s1. The molecule has 1 aliphatic heterocycles. The van der Waals surface area contributed by atoms with Gasteiger partial charge in [0, 0.05) is 31.1 Å². The van der Waals surface area contributed by atoms with E-state index in [1.807, 2.05) is 0 Å². The average Bonchev–Trinajstić information content (AvgIpc) is 2.63. The lowest BCUT2D eigenvalue weighted by atomic mass is 10.00. The van der Waals surface area contributed by atoms with E-state index < -0.39 is 5.82 Å². The number of Topliss-reactive ketones (excluding diaryl/α,β-unsaturated/α-hetero) is 1. The Bertz CT molecular complexity index is 779. The van der Waals surface area contributed by atoms with Gasteiger partial charge in [-0.15, -0.1) is 0 Å². The number of ether oxygens (including phenoxy) is 2. The molecule has 0 unspecified atom stereocenters. The highest BCUT2D eigenvalue weighted by Crippen LogP contribution is 2.23. The van der Waals surface area contributed by atoms with E-state index in [1.54, 1.807) is 12.1 Å². The van der Waals surface area contributed by atoms with Crippen LogP contribution in [-0.2, 0) is 11.2 Å². The van der Waals surface area contributed by atoms with E-state index in [0.29, 0.717) is 24.3 Å². The van der Waals surface area contributed by atoms with E-state index in [2.05, 4.69) is 10.3 Å².